The molecule has 1 saturated carbocycles. The maximum atomic E-state index is 12.1. The molecule has 25 heavy (non-hydrogen) atoms. The van der Waals surface area contributed by atoms with Gasteiger partial charge in [0.15, 0.2) is 0 Å². The molecule has 2 aromatic rings. The Morgan fingerprint density at radius 3 is 2.00 bits per heavy atom. The zero-order valence-corrected chi connectivity index (χ0v) is 15.2. The van der Waals surface area contributed by atoms with Crippen LogP contribution in [0.3, 0.4) is 0 Å². The summed E-state index contributed by atoms with van der Waals surface area (Å²) in [4.78, 5) is 12.1. The molecule has 1 fully saturated rings. The molecule has 132 valence electrons. The topological polar surface area (TPSA) is 35.5 Å². The minimum atomic E-state index is -0.119. The molecule has 0 heterocycles. The predicted molar refractivity (Wildman–Crippen MR) is 99.8 cm³/mol. The fourth-order valence-electron chi connectivity index (χ4n) is 2.85. The molecule has 0 radical (unpaired) electrons. The third-order valence-corrected chi connectivity index (χ3v) is 4.82. The Labute approximate surface area is 150 Å². The Kier molecular flexibility index (Phi) is 5.12. The molecule has 0 spiro atoms. The average molecular weight is 338 g/mol. The van der Waals surface area contributed by atoms with Crippen molar-refractivity contribution in [1.29, 1.82) is 0 Å². The summed E-state index contributed by atoms with van der Waals surface area (Å²) in [6.45, 7) is 7.10. The van der Waals surface area contributed by atoms with E-state index in [0.717, 1.165) is 42.7 Å². The summed E-state index contributed by atoms with van der Waals surface area (Å²) in [5.74, 6) is 1.42. The zero-order valence-electron chi connectivity index (χ0n) is 15.2. The first-order chi connectivity index (χ1) is 12.0. The number of carbonyl (C=O) groups is 1. The molecule has 3 rings (SSSR count). The van der Waals surface area contributed by atoms with E-state index in [1.165, 1.54) is 0 Å². The summed E-state index contributed by atoms with van der Waals surface area (Å²) in [7, 11) is 0. The number of benzene rings is 2. The van der Waals surface area contributed by atoms with Crippen LogP contribution in [0, 0.1) is 11.3 Å². The molecular weight excluding hydrogens is 312 g/mol. The first-order valence-corrected chi connectivity index (χ1v) is 9.04. The maximum absolute atomic E-state index is 12.1. The lowest BCUT2D eigenvalue weighted by atomic mass is 10.1. The van der Waals surface area contributed by atoms with Gasteiger partial charge in [-0.2, -0.15) is 0 Å². The largest absolute Gasteiger partial charge is 0.494 e. The van der Waals surface area contributed by atoms with Crippen LogP contribution in [0.4, 0.5) is 0 Å². The van der Waals surface area contributed by atoms with Gasteiger partial charge in [-0.3, -0.25) is 4.79 Å². The van der Waals surface area contributed by atoms with Crippen LogP contribution in [0.15, 0.2) is 48.5 Å². The van der Waals surface area contributed by atoms with E-state index in [1.54, 1.807) is 0 Å². The number of unbranched alkanes of at least 4 members (excludes halogenated alkanes) is 1. The van der Waals surface area contributed by atoms with Crippen LogP contribution in [-0.2, 0) is 4.79 Å². The third-order valence-electron chi connectivity index (χ3n) is 4.82. The maximum Gasteiger partial charge on any atom is 0.314 e. The van der Waals surface area contributed by atoms with Crippen molar-refractivity contribution < 1.29 is 14.3 Å². The van der Waals surface area contributed by atoms with Crippen molar-refractivity contribution in [3.8, 4) is 22.6 Å². The predicted octanol–water partition coefficient (Wildman–Crippen LogP) is 5.48. The summed E-state index contributed by atoms with van der Waals surface area (Å²) >= 11 is 0. The van der Waals surface area contributed by atoms with Crippen LogP contribution in [0.1, 0.15) is 40.0 Å². The van der Waals surface area contributed by atoms with E-state index < -0.39 is 0 Å². The van der Waals surface area contributed by atoms with Crippen LogP contribution in [-0.4, -0.2) is 12.6 Å². The molecular formula is C22H26O3. The molecule has 2 aromatic carbocycles. The number of ether oxygens (including phenoxy) is 2. The molecule has 1 aliphatic carbocycles. The van der Waals surface area contributed by atoms with Gasteiger partial charge in [-0.25, -0.2) is 0 Å². The van der Waals surface area contributed by atoms with Gasteiger partial charge in [0, 0.05) is 0 Å². The van der Waals surface area contributed by atoms with Crippen molar-refractivity contribution >= 4 is 5.97 Å². The Morgan fingerprint density at radius 2 is 1.52 bits per heavy atom. The first-order valence-electron chi connectivity index (χ1n) is 9.04. The van der Waals surface area contributed by atoms with Crippen molar-refractivity contribution in [1.82, 2.24) is 0 Å². The Hall–Kier alpha value is -2.29. The van der Waals surface area contributed by atoms with Crippen LogP contribution in [0.5, 0.6) is 11.5 Å². The third kappa shape index (κ3) is 4.41. The van der Waals surface area contributed by atoms with Gasteiger partial charge in [0.1, 0.15) is 11.5 Å². The summed E-state index contributed by atoms with van der Waals surface area (Å²) in [6, 6.07) is 15.8. The van der Waals surface area contributed by atoms with Crippen LogP contribution < -0.4 is 9.47 Å². The highest BCUT2D eigenvalue weighted by Gasteiger charge is 2.51. The molecule has 1 atom stereocenters. The summed E-state index contributed by atoms with van der Waals surface area (Å²) < 4.78 is 11.2. The zero-order chi connectivity index (χ0) is 17.9. The standard InChI is InChI=1S/C22H26O3/c1-4-5-14-24-18-10-6-16(7-11-18)17-8-12-19(13-9-17)25-21(23)20-15-22(20,2)3/h6-13,20H,4-5,14-15H2,1-3H3/t20-/m1/s1. The van der Waals surface area contributed by atoms with Crippen molar-refractivity contribution in [2.45, 2.75) is 40.0 Å². The second-order valence-electron chi connectivity index (χ2n) is 7.42. The van der Waals surface area contributed by atoms with Crippen molar-refractivity contribution in [2.75, 3.05) is 6.61 Å². The quantitative estimate of drug-likeness (QED) is 0.381. The number of hydrogen-bond donors (Lipinski definition) is 0. The van der Waals surface area contributed by atoms with Crippen LogP contribution >= 0.6 is 0 Å². The lowest BCUT2D eigenvalue weighted by molar-refractivity contribution is -0.136. The molecule has 0 aliphatic heterocycles. The van der Waals surface area contributed by atoms with E-state index in [0.29, 0.717) is 5.75 Å². The van der Waals surface area contributed by atoms with E-state index in [1.807, 2.05) is 36.4 Å². The lowest BCUT2D eigenvalue weighted by Gasteiger charge is -2.08. The van der Waals surface area contributed by atoms with E-state index in [-0.39, 0.29) is 17.3 Å². The monoisotopic (exact) mass is 338 g/mol. The minimum absolute atomic E-state index is 0.0347. The van der Waals surface area contributed by atoms with Gasteiger partial charge in [-0.05, 0) is 53.6 Å². The molecule has 1 aliphatic rings. The molecule has 0 N–H and O–H groups in total. The summed E-state index contributed by atoms with van der Waals surface area (Å²) in [5, 5.41) is 0. The number of hydrogen-bond acceptors (Lipinski definition) is 3. The Bertz CT molecular complexity index is 714. The number of carbonyl (C=O) groups excluding carboxylic acids is 1. The smallest absolute Gasteiger partial charge is 0.314 e. The SMILES string of the molecule is CCCCOc1ccc(-c2ccc(OC(=O)[C@H]3CC3(C)C)cc2)cc1. The lowest BCUT2D eigenvalue weighted by Crippen LogP contribution is -2.13. The molecule has 3 heteroatoms. The van der Waals surface area contributed by atoms with Gasteiger partial charge in [0.25, 0.3) is 0 Å². The van der Waals surface area contributed by atoms with Gasteiger partial charge in [0.2, 0.25) is 0 Å². The van der Waals surface area contributed by atoms with Gasteiger partial charge in [-0.1, -0.05) is 51.5 Å². The second kappa shape index (κ2) is 7.30. The highest BCUT2D eigenvalue weighted by molar-refractivity contribution is 5.79. The Balaban J connectivity index is 1.59. The van der Waals surface area contributed by atoms with Gasteiger partial charge in [0.05, 0.1) is 12.5 Å². The van der Waals surface area contributed by atoms with Crippen molar-refractivity contribution in [3.05, 3.63) is 48.5 Å². The number of rotatable bonds is 7. The van der Waals surface area contributed by atoms with Gasteiger partial charge >= 0.3 is 5.97 Å². The first kappa shape index (κ1) is 17.5. The van der Waals surface area contributed by atoms with Crippen LogP contribution in [0.25, 0.3) is 11.1 Å². The fourth-order valence-corrected chi connectivity index (χ4v) is 2.85. The van der Waals surface area contributed by atoms with Crippen molar-refractivity contribution in [2.24, 2.45) is 11.3 Å². The normalized spacial score (nSPS) is 17.8. The molecule has 0 aromatic heterocycles. The summed E-state index contributed by atoms with van der Waals surface area (Å²) in [5.41, 5.74) is 2.30. The highest BCUT2D eigenvalue weighted by atomic mass is 16.5. The van der Waals surface area contributed by atoms with Gasteiger partial charge in [-0.15, -0.1) is 0 Å². The van der Waals surface area contributed by atoms with E-state index in [9.17, 15) is 4.79 Å². The highest BCUT2D eigenvalue weighted by Crippen LogP contribution is 2.52. The van der Waals surface area contributed by atoms with E-state index >= 15 is 0 Å². The van der Waals surface area contributed by atoms with E-state index in [4.69, 9.17) is 9.47 Å². The number of esters is 1. The molecule has 0 amide bonds. The second-order valence-corrected chi connectivity index (χ2v) is 7.42. The Morgan fingerprint density at radius 1 is 1.00 bits per heavy atom. The van der Waals surface area contributed by atoms with E-state index in [2.05, 4.69) is 32.9 Å². The molecule has 0 unspecified atom stereocenters. The van der Waals surface area contributed by atoms with Gasteiger partial charge < -0.3 is 9.47 Å². The average Bonchev–Trinajstić information content (AvgIpc) is 3.25. The molecule has 0 saturated heterocycles. The fraction of sp³-hybridized carbons (Fsp3) is 0.409. The minimum Gasteiger partial charge on any atom is -0.494 e. The molecule has 0 bridgehead atoms. The van der Waals surface area contributed by atoms with Crippen LogP contribution in [0.2, 0.25) is 0 Å². The summed E-state index contributed by atoms with van der Waals surface area (Å²) in [6.07, 6.45) is 3.11. The van der Waals surface area contributed by atoms with Crippen molar-refractivity contribution in [3.63, 3.8) is 0 Å². The molecule has 3 nitrogen and oxygen atoms in total.